The average molecular weight is 270 g/mol. The molecule has 1 atom stereocenters. The Kier molecular flexibility index (Phi) is 7.17. The van der Waals surface area contributed by atoms with Gasteiger partial charge in [0, 0.05) is 6.23 Å². The molecule has 2 nitrogen and oxygen atoms in total. The van der Waals surface area contributed by atoms with E-state index in [1.165, 1.54) is 0 Å². The Bertz CT molecular complexity index is 400. The molecule has 0 fully saturated rings. The second-order valence-corrected chi connectivity index (χ2v) is 11.0. The van der Waals surface area contributed by atoms with Gasteiger partial charge in [-0.2, -0.15) is 0 Å². The number of ether oxygens (including phenoxy) is 1. The van der Waals surface area contributed by atoms with E-state index in [0.29, 0.717) is 12.8 Å². The third-order valence-corrected chi connectivity index (χ3v) is 9.10. The number of rotatable bonds is 5. The van der Waals surface area contributed by atoms with Crippen LogP contribution in [0.15, 0.2) is 42.3 Å². The van der Waals surface area contributed by atoms with Crippen LogP contribution in [0, 0.1) is 0 Å². The molecule has 0 bridgehead atoms. The molecule has 100 valence electrons. The standard InChI is InChI=1S/C15H24O2Si.Li/c1-13(16)18(5,15(2,3)4)12-17-11-14-9-7-6-8-10-14;/h6-10,16H,1,11-12H2,2-5H3;/q;+1/p-1. The molecule has 4 heteroatoms. The molecule has 0 amide bonds. The molecule has 0 heterocycles. The zero-order valence-corrected chi connectivity index (χ0v) is 13.8. The zero-order chi connectivity index (χ0) is 13.8. The zero-order valence-electron chi connectivity index (χ0n) is 12.8. The van der Waals surface area contributed by atoms with Gasteiger partial charge in [0.25, 0.3) is 0 Å². The molecule has 0 saturated carbocycles. The van der Waals surface area contributed by atoms with Crippen LogP contribution in [0.25, 0.3) is 0 Å². The van der Waals surface area contributed by atoms with E-state index in [4.69, 9.17) is 4.74 Å². The van der Waals surface area contributed by atoms with Crippen molar-refractivity contribution in [3.63, 3.8) is 0 Å². The summed E-state index contributed by atoms with van der Waals surface area (Å²) in [6, 6.07) is 10.0. The molecule has 0 aliphatic carbocycles. The fourth-order valence-electron chi connectivity index (χ4n) is 1.66. The SMILES string of the molecule is C=C([O-])[Si](C)(COCc1ccccc1)C(C)(C)C.[Li+]. The molecule has 0 radical (unpaired) electrons. The monoisotopic (exact) mass is 270 g/mol. The molecule has 1 aromatic rings. The summed E-state index contributed by atoms with van der Waals surface area (Å²) in [5, 5.41) is 11.9. The van der Waals surface area contributed by atoms with E-state index in [-0.39, 0.29) is 29.3 Å². The molecular weight excluding hydrogens is 247 g/mol. The number of hydrogen-bond donors (Lipinski definition) is 0. The van der Waals surface area contributed by atoms with E-state index in [9.17, 15) is 5.11 Å². The minimum atomic E-state index is -2.15. The van der Waals surface area contributed by atoms with Crippen LogP contribution in [0.1, 0.15) is 26.3 Å². The van der Waals surface area contributed by atoms with Crippen molar-refractivity contribution < 1.29 is 28.7 Å². The predicted octanol–water partition coefficient (Wildman–Crippen LogP) is 0.0383. The van der Waals surface area contributed by atoms with Crippen molar-refractivity contribution in [3.8, 4) is 0 Å². The summed E-state index contributed by atoms with van der Waals surface area (Å²) in [4.78, 5) is 0. The quantitative estimate of drug-likeness (QED) is 0.559. The molecule has 19 heavy (non-hydrogen) atoms. The minimum absolute atomic E-state index is 0. The molecule has 1 aromatic carbocycles. The van der Waals surface area contributed by atoms with E-state index in [1.807, 2.05) is 30.3 Å². The molecule has 0 spiro atoms. The molecule has 1 unspecified atom stereocenters. The van der Waals surface area contributed by atoms with Gasteiger partial charge in [-0.15, -0.1) is 12.0 Å². The van der Waals surface area contributed by atoms with Crippen LogP contribution < -0.4 is 24.0 Å². The predicted molar refractivity (Wildman–Crippen MR) is 76.6 cm³/mol. The first-order valence-electron chi connectivity index (χ1n) is 6.25. The van der Waals surface area contributed by atoms with Gasteiger partial charge in [-0.05, 0) is 10.6 Å². The van der Waals surface area contributed by atoms with Crippen molar-refractivity contribution in [1.82, 2.24) is 0 Å². The van der Waals surface area contributed by atoms with Gasteiger partial charge in [-0.1, -0.05) is 57.7 Å². The molecule has 0 saturated heterocycles. The summed E-state index contributed by atoms with van der Waals surface area (Å²) >= 11 is 0. The average Bonchev–Trinajstić information content (AvgIpc) is 2.28. The van der Waals surface area contributed by atoms with Gasteiger partial charge in [-0.25, -0.2) is 0 Å². The summed E-state index contributed by atoms with van der Waals surface area (Å²) in [6.45, 7) is 12.6. The van der Waals surface area contributed by atoms with Crippen molar-refractivity contribution in [2.24, 2.45) is 0 Å². The Morgan fingerprint density at radius 1 is 1.26 bits per heavy atom. The normalized spacial score (nSPS) is 14.3. The summed E-state index contributed by atoms with van der Waals surface area (Å²) in [6.07, 6.45) is 0.535. The van der Waals surface area contributed by atoms with E-state index >= 15 is 0 Å². The van der Waals surface area contributed by atoms with Crippen LogP contribution in [-0.4, -0.2) is 14.3 Å². The molecule has 0 aliphatic heterocycles. The Morgan fingerprint density at radius 3 is 2.21 bits per heavy atom. The first kappa shape index (κ1) is 18.5. The topological polar surface area (TPSA) is 32.3 Å². The first-order valence-corrected chi connectivity index (χ1v) is 8.96. The smallest absolute Gasteiger partial charge is 0.879 e. The number of benzene rings is 1. The van der Waals surface area contributed by atoms with Crippen molar-refractivity contribution in [3.05, 3.63) is 47.9 Å². The van der Waals surface area contributed by atoms with E-state index in [0.717, 1.165) is 5.56 Å². The summed E-state index contributed by atoms with van der Waals surface area (Å²) < 4.78 is 5.77. The Labute approximate surface area is 130 Å². The second kappa shape index (κ2) is 7.35. The molecule has 1 rings (SSSR count). The minimum Gasteiger partial charge on any atom is -0.879 e. The maximum atomic E-state index is 11.8. The van der Waals surface area contributed by atoms with Crippen LogP contribution >= 0.6 is 0 Å². The van der Waals surface area contributed by atoms with Crippen LogP contribution in [0.4, 0.5) is 0 Å². The summed E-state index contributed by atoms with van der Waals surface area (Å²) in [5.41, 5.74) is 1.14. The molecular formula is C15H23LiO2Si. The van der Waals surface area contributed by atoms with Crippen LogP contribution in [0.3, 0.4) is 0 Å². The Morgan fingerprint density at radius 2 is 1.79 bits per heavy atom. The van der Waals surface area contributed by atoms with E-state index in [1.54, 1.807) is 0 Å². The maximum absolute atomic E-state index is 11.8. The van der Waals surface area contributed by atoms with Gasteiger partial charge < -0.3 is 9.84 Å². The van der Waals surface area contributed by atoms with Crippen LogP contribution in [-0.2, 0) is 11.3 Å². The van der Waals surface area contributed by atoms with Gasteiger partial charge in [0.1, 0.15) is 8.07 Å². The summed E-state index contributed by atoms with van der Waals surface area (Å²) in [7, 11) is -2.15. The van der Waals surface area contributed by atoms with Gasteiger partial charge in [0.05, 0.1) is 6.61 Å². The van der Waals surface area contributed by atoms with Gasteiger partial charge >= 0.3 is 18.9 Å². The molecule has 0 N–H and O–H groups in total. The largest absolute Gasteiger partial charge is 1.00 e. The van der Waals surface area contributed by atoms with Crippen molar-refractivity contribution in [2.45, 2.75) is 39.0 Å². The van der Waals surface area contributed by atoms with Crippen molar-refractivity contribution in [1.29, 1.82) is 0 Å². The Balaban J connectivity index is 0.00000324. The van der Waals surface area contributed by atoms with Gasteiger partial charge in [0.2, 0.25) is 0 Å². The van der Waals surface area contributed by atoms with E-state index < -0.39 is 8.07 Å². The maximum Gasteiger partial charge on any atom is 1.00 e. The molecule has 0 aliphatic rings. The first-order chi connectivity index (χ1) is 8.27. The fraction of sp³-hybridized carbons (Fsp3) is 0.467. The van der Waals surface area contributed by atoms with Gasteiger partial charge in [0.15, 0.2) is 0 Å². The van der Waals surface area contributed by atoms with Crippen LogP contribution in [0.2, 0.25) is 11.6 Å². The van der Waals surface area contributed by atoms with Crippen LogP contribution in [0.5, 0.6) is 0 Å². The van der Waals surface area contributed by atoms with Crippen molar-refractivity contribution >= 4 is 8.07 Å². The third-order valence-electron chi connectivity index (χ3n) is 3.77. The van der Waals surface area contributed by atoms with Crippen molar-refractivity contribution in [2.75, 3.05) is 6.23 Å². The molecule has 0 aromatic heterocycles. The Hall–Kier alpha value is -0.466. The second-order valence-electron chi connectivity index (χ2n) is 5.98. The third kappa shape index (κ3) is 4.85. The number of hydrogen-bond acceptors (Lipinski definition) is 2. The van der Waals surface area contributed by atoms with Gasteiger partial charge in [-0.3, -0.25) is 0 Å². The van der Waals surface area contributed by atoms with E-state index in [2.05, 4.69) is 33.9 Å². The fourth-order valence-corrected chi connectivity index (χ4v) is 3.60. The summed E-state index contributed by atoms with van der Waals surface area (Å²) in [5.74, 6) is 0.